The zero-order valence-corrected chi connectivity index (χ0v) is 10.6. The first-order chi connectivity index (χ1) is 7.63. The number of thiocarbonyl (C=S) groups is 1. The van der Waals surface area contributed by atoms with Gasteiger partial charge in [-0.1, -0.05) is 24.4 Å². The van der Waals surface area contributed by atoms with Crippen molar-refractivity contribution in [2.24, 2.45) is 11.7 Å². The first-order valence-electron chi connectivity index (χ1n) is 5.87. The first kappa shape index (κ1) is 11.5. The van der Waals surface area contributed by atoms with Crippen molar-refractivity contribution in [3.63, 3.8) is 0 Å². The van der Waals surface area contributed by atoms with Crippen molar-refractivity contribution in [3.05, 3.63) is 11.4 Å². The van der Waals surface area contributed by atoms with Crippen LogP contribution in [-0.2, 0) is 6.42 Å². The normalized spacial score (nSPS) is 17.4. The predicted octanol–water partition coefficient (Wildman–Crippen LogP) is 1.84. The van der Waals surface area contributed by atoms with Gasteiger partial charge in [-0.05, 0) is 38.5 Å². The Bertz CT molecular complexity index is 395. The van der Waals surface area contributed by atoms with Crippen molar-refractivity contribution >= 4 is 17.2 Å². The Hall–Kier alpha value is -0.970. The number of hydrogen-bond donors (Lipinski definition) is 1. The molecule has 2 N–H and O–H groups in total. The number of hydrogen-bond acceptors (Lipinski definition) is 3. The fraction of sp³-hybridized carbons (Fsp3) is 0.727. The minimum atomic E-state index is 0.365. The van der Waals surface area contributed by atoms with Crippen LogP contribution in [0.2, 0.25) is 0 Å². The summed E-state index contributed by atoms with van der Waals surface area (Å²) in [6, 6.07) is 0.365. The van der Waals surface area contributed by atoms with Crippen molar-refractivity contribution in [2.45, 2.75) is 45.6 Å². The van der Waals surface area contributed by atoms with E-state index in [0.29, 0.717) is 11.0 Å². The van der Waals surface area contributed by atoms with Crippen molar-refractivity contribution in [1.29, 1.82) is 0 Å². The minimum Gasteiger partial charge on any atom is -0.388 e. The molecular formula is C11H18N4S. The molecule has 1 unspecified atom stereocenters. The van der Waals surface area contributed by atoms with E-state index in [1.165, 1.54) is 12.8 Å². The molecule has 1 aliphatic carbocycles. The first-order valence-corrected chi connectivity index (χ1v) is 6.28. The third-order valence-corrected chi connectivity index (χ3v) is 3.40. The summed E-state index contributed by atoms with van der Waals surface area (Å²) in [6.07, 6.45) is 4.67. The summed E-state index contributed by atoms with van der Waals surface area (Å²) >= 11 is 5.02. The molecule has 16 heavy (non-hydrogen) atoms. The molecule has 0 spiro atoms. The van der Waals surface area contributed by atoms with E-state index in [0.717, 1.165) is 30.1 Å². The van der Waals surface area contributed by atoms with Gasteiger partial charge in [0.05, 0.1) is 11.7 Å². The van der Waals surface area contributed by atoms with Crippen LogP contribution in [0.3, 0.4) is 0 Å². The molecule has 0 bridgehead atoms. The highest BCUT2D eigenvalue weighted by atomic mass is 32.1. The Morgan fingerprint density at radius 2 is 2.31 bits per heavy atom. The van der Waals surface area contributed by atoms with Crippen LogP contribution in [0.5, 0.6) is 0 Å². The molecule has 1 saturated carbocycles. The van der Waals surface area contributed by atoms with Crippen LogP contribution in [0, 0.1) is 5.92 Å². The summed E-state index contributed by atoms with van der Waals surface area (Å²) in [7, 11) is 0. The summed E-state index contributed by atoms with van der Waals surface area (Å²) in [4.78, 5) is 0.366. The molecule has 1 aromatic heterocycles. The minimum absolute atomic E-state index is 0.365. The summed E-state index contributed by atoms with van der Waals surface area (Å²) in [5, 5.41) is 8.30. The van der Waals surface area contributed by atoms with Gasteiger partial charge in [0, 0.05) is 0 Å². The summed E-state index contributed by atoms with van der Waals surface area (Å²) in [6.45, 7) is 4.29. The topological polar surface area (TPSA) is 56.7 Å². The molecule has 0 aliphatic heterocycles. The van der Waals surface area contributed by atoms with Gasteiger partial charge in [-0.3, -0.25) is 0 Å². The monoisotopic (exact) mass is 238 g/mol. The lowest BCUT2D eigenvalue weighted by Gasteiger charge is -2.12. The number of rotatable bonds is 5. The van der Waals surface area contributed by atoms with E-state index in [2.05, 4.69) is 24.2 Å². The zero-order valence-electron chi connectivity index (χ0n) is 9.81. The second-order valence-corrected chi connectivity index (χ2v) is 5.04. The molecule has 0 aromatic carbocycles. The second kappa shape index (κ2) is 4.49. The summed E-state index contributed by atoms with van der Waals surface area (Å²) in [5.74, 6) is 0.786. The maximum Gasteiger partial charge on any atom is 0.143 e. The molecule has 1 aromatic rings. The van der Waals surface area contributed by atoms with Crippen LogP contribution in [0.1, 0.15) is 50.5 Å². The Morgan fingerprint density at radius 1 is 1.62 bits per heavy atom. The predicted molar refractivity (Wildman–Crippen MR) is 67.3 cm³/mol. The second-order valence-electron chi connectivity index (χ2n) is 4.60. The molecule has 0 amide bonds. The smallest absolute Gasteiger partial charge is 0.143 e. The average molecular weight is 238 g/mol. The lowest BCUT2D eigenvalue weighted by Crippen LogP contribution is -2.16. The van der Waals surface area contributed by atoms with Gasteiger partial charge in [0.15, 0.2) is 0 Å². The van der Waals surface area contributed by atoms with E-state index < -0.39 is 0 Å². The molecule has 1 atom stereocenters. The molecule has 4 nitrogen and oxygen atoms in total. The van der Waals surface area contributed by atoms with Gasteiger partial charge in [-0.15, -0.1) is 5.10 Å². The molecule has 5 heteroatoms. The van der Waals surface area contributed by atoms with Crippen LogP contribution in [0.4, 0.5) is 0 Å². The zero-order chi connectivity index (χ0) is 11.7. The molecular weight excluding hydrogens is 220 g/mol. The molecule has 1 aliphatic rings. The highest BCUT2D eigenvalue weighted by molar-refractivity contribution is 7.80. The van der Waals surface area contributed by atoms with E-state index in [9.17, 15) is 0 Å². The van der Waals surface area contributed by atoms with Crippen molar-refractivity contribution in [2.75, 3.05) is 0 Å². The van der Waals surface area contributed by atoms with Gasteiger partial charge in [0.1, 0.15) is 10.7 Å². The largest absolute Gasteiger partial charge is 0.388 e. The number of nitrogens with zero attached hydrogens (tertiary/aromatic N) is 3. The van der Waals surface area contributed by atoms with Crippen LogP contribution in [0.25, 0.3) is 0 Å². The fourth-order valence-corrected chi connectivity index (χ4v) is 1.98. The molecule has 88 valence electrons. The lowest BCUT2D eigenvalue weighted by atomic mass is 10.1. The van der Waals surface area contributed by atoms with E-state index in [1.54, 1.807) is 0 Å². The van der Waals surface area contributed by atoms with E-state index in [-0.39, 0.29) is 0 Å². The van der Waals surface area contributed by atoms with Crippen molar-refractivity contribution < 1.29 is 0 Å². The maximum atomic E-state index is 5.68. The van der Waals surface area contributed by atoms with E-state index >= 15 is 0 Å². The van der Waals surface area contributed by atoms with Crippen molar-refractivity contribution in [1.82, 2.24) is 15.0 Å². The SMILES string of the molecule is CCC(C)n1nnc(C(N)=S)c1CC1CC1. The summed E-state index contributed by atoms with van der Waals surface area (Å²) in [5.41, 5.74) is 7.53. The van der Waals surface area contributed by atoms with Gasteiger partial charge >= 0.3 is 0 Å². The summed E-state index contributed by atoms with van der Waals surface area (Å²) < 4.78 is 1.99. The van der Waals surface area contributed by atoms with Gasteiger partial charge in [0.25, 0.3) is 0 Å². The molecule has 1 fully saturated rings. The number of nitrogens with two attached hydrogens (primary N) is 1. The Morgan fingerprint density at radius 3 is 2.81 bits per heavy atom. The van der Waals surface area contributed by atoms with Crippen LogP contribution >= 0.6 is 12.2 Å². The Kier molecular flexibility index (Phi) is 3.23. The Balaban J connectivity index is 2.31. The third-order valence-electron chi connectivity index (χ3n) is 3.21. The standard InChI is InChI=1S/C11H18N4S/c1-3-7(2)15-9(6-8-4-5-8)10(11(12)16)13-14-15/h7-8H,3-6H2,1-2H3,(H2,12,16). The van der Waals surface area contributed by atoms with Crippen LogP contribution in [-0.4, -0.2) is 20.0 Å². The van der Waals surface area contributed by atoms with Crippen LogP contribution in [0.15, 0.2) is 0 Å². The highest BCUT2D eigenvalue weighted by Crippen LogP contribution is 2.33. The Labute approximate surface area is 101 Å². The van der Waals surface area contributed by atoms with Gasteiger partial charge in [-0.25, -0.2) is 4.68 Å². The van der Waals surface area contributed by atoms with Crippen LogP contribution < -0.4 is 5.73 Å². The molecule has 0 saturated heterocycles. The highest BCUT2D eigenvalue weighted by Gasteiger charge is 2.27. The van der Waals surface area contributed by atoms with E-state index in [1.807, 2.05) is 4.68 Å². The van der Waals surface area contributed by atoms with Gasteiger partial charge in [0.2, 0.25) is 0 Å². The van der Waals surface area contributed by atoms with Gasteiger partial charge in [-0.2, -0.15) is 0 Å². The fourth-order valence-electron chi connectivity index (χ4n) is 1.82. The molecule has 0 radical (unpaired) electrons. The van der Waals surface area contributed by atoms with E-state index in [4.69, 9.17) is 18.0 Å². The molecule has 1 heterocycles. The average Bonchev–Trinajstić information content (AvgIpc) is 2.95. The third kappa shape index (κ3) is 2.24. The number of aromatic nitrogens is 3. The maximum absolute atomic E-state index is 5.68. The quantitative estimate of drug-likeness (QED) is 0.795. The molecule has 2 rings (SSSR count). The van der Waals surface area contributed by atoms with Crippen molar-refractivity contribution in [3.8, 4) is 0 Å². The van der Waals surface area contributed by atoms with Gasteiger partial charge < -0.3 is 5.73 Å². The lowest BCUT2D eigenvalue weighted by molar-refractivity contribution is 0.445.